The molecule has 30 heavy (non-hydrogen) atoms. The van der Waals surface area contributed by atoms with Gasteiger partial charge in [-0.1, -0.05) is 34.9 Å². The summed E-state index contributed by atoms with van der Waals surface area (Å²) in [5, 5.41) is 31.7. The molecule has 168 valence electrons. The Balaban J connectivity index is 1.92. The number of carbonyl (C=O) groups excluding carboxylic acids is 1. The first-order valence-electron chi connectivity index (χ1n) is 10.6. The highest BCUT2D eigenvalue weighted by Crippen LogP contribution is 2.50. The predicted molar refractivity (Wildman–Crippen MR) is 116 cm³/mol. The minimum Gasteiger partial charge on any atom is -0.461 e. The Morgan fingerprint density at radius 3 is 2.40 bits per heavy atom. The molecule has 0 spiro atoms. The van der Waals surface area contributed by atoms with Crippen molar-refractivity contribution in [3.63, 3.8) is 0 Å². The fraction of sp³-hybridized carbons (Fsp3) is 0.625. The first kappa shape index (κ1) is 24.5. The summed E-state index contributed by atoms with van der Waals surface area (Å²) < 4.78 is 10.5. The topological polar surface area (TPSA) is 99.5 Å². The average molecular weight is 421 g/mol. The second-order valence-electron chi connectivity index (χ2n) is 8.67. The van der Waals surface area contributed by atoms with Crippen LogP contribution in [0.25, 0.3) is 0 Å². The van der Waals surface area contributed by atoms with E-state index in [1.54, 1.807) is 6.08 Å². The Hall–Kier alpha value is -1.73. The fourth-order valence-electron chi connectivity index (χ4n) is 3.81. The van der Waals surface area contributed by atoms with E-state index in [-0.39, 0.29) is 6.61 Å². The molecule has 0 bridgehead atoms. The van der Waals surface area contributed by atoms with Crippen molar-refractivity contribution in [1.29, 1.82) is 0 Å². The number of aliphatic hydroxyl groups excluding tert-OH is 3. The van der Waals surface area contributed by atoms with Gasteiger partial charge in [-0.25, -0.2) is 0 Å². The summed E-state index contributed by atoms with van der Waals surface area (Å²) in [6.45, 7) is 9.45. The zero-order chi connectivity index (χ0) is 22.5. The monoisotopic (exact) mass is 420 g/mol. The standard InChI is InChI=1S/C24H36O6/c1-15(2)8-6-9-16(3)10-7-11-17(4)12-20(26)24-21(27)13-19(14-29-18(5)25)22(28)23(24)30-24/h8,10,12-13,20-23,26-28H,6-7,9,11,14H2,1-5H3/b16-10+,17-12+/t20?,21-,22+,23-,24+/m0/s1. The molecular formula is C24H36O6. The van der Waals surface area contributed by atoms with Crippen LogP contribution in [0.4, 0.5) is 0 Å². The number of epoxide rings is 1. The molecule has 6 nitrogen and oxygen atoms in total. The van der Waals surface area contributed by atoms with Gasteiger partial charge in [0.05, 0.1) is 0 Å². The third-order valence-electron chi connectivity index (χ3n) is 5.69. The highest BCUT2D eigenvalue weighted by Gasteiger charge is 2.69. The third kappa shape index (κ3) is 6.14. The molecule has 6 heteroatoms. The lowest BCUT2D eigenvalue weighted by Gasteiger charge is -2.28. The lowest BCUT2D eigenvalue weighted by Crippen LogP contribution is -2.48. The molecule has 1 aliphatic heterocycles. The maximum Gasteiger partial charge on any atom is 0.302 e. The van der Waals surface area contributed by atoms with E-state index in [0.717, 1.165) is 31.3 Å². The van der Waals surface area contributed by atoms with Gasteiger partial charge in [-0.15, -0.1) is 0 Å². The second-order valence-corrected chi connectivity index (χ2v) is 8.67. The van der Waals surface area contributed by atoms with E-state index in [0.29, 0.717) is 5.57 Å². The van der Waals surface area contributed by atoms with Crippen LogP contribution in [-0.4, -0.2) is 57.9 Å². The molecule has 0 aromatic carbocycles. The molecule has 1 unspecified atom stereocenters. The van der Waals surface area contributed by atoms with Crippen LogP contribution >= 0.6 is 0 Å². The summed E-state index contributed by atoms with van der Waals surface area (Å²) in [5.41, 5.74) is 2.82. The second kappa shape index (κ2) is 10.5. The Kier molecular flexibility index (Phi) is 8.62. The van der Waals surface area contributed by atoms with Gasteiger partial charge < -0.3 is 24.8 Å². The number of fused-ring (bicyclic) bond motifs is 1. The van der Waals surface area contributed by atoms with Gasteiger partial charge in [0.2, 0.25) is 0 Å². The van der Waals surface area contributed by atoms with Crippen molar-refractivity contribution in [3.8, 4) is 0 Å². The third-order valence-corrected chi connectivity index (χ3v) is 5.69. The quantitative estimate of drug-likeness (QED) is 0.285. The van der Waals surface area contributed by atoms with Crippen molar-refractivity contribution in [2.45, 2.75) is 90.3 Å². The summed E-state index contributed by atoms with van der Waals surface area (Å²) in [7, 11) is 0. The minimum atomic E-state index is -1.24. The van der Waals surface area contributed by atoms with Crippen molar-refractivity contribution < 1.29 is 29.6 Å². The fourth-order valence-corrected chi connectivity index (χ4v) is 3.81. The van der Waals surface area contributed by atoms with Gasteiger partial charge in [-0.2, -0.15) is 0 Å². The summed E-state index contributed by atoms with van der Waals surface area (Å²) in [4.78, 5) is 11.0. The number of rotatable bonds is 10. The SMILES string of the molecule is CC(=O)OCC1=C[C@H](O)[C@@]2(C(O)/C=C(\C)CC/C=C(\C)CCC=C(C)C)O[C@H]2[C@@H]1O. The Morgan fingerprint density at radius 1 is 1.13 bits per heavy atom. The van der Waals surface area contributed by atoms with Gasteiger partial charge in [0.15, 0.2) is 5.60 Å². The molecule has 0 aromatic heterocycles. The number of hydrogen-bond donors (Lipinski definition) is 3. The first-order valence-corrected chi connectivity index (χ1v) is 10.6. The predicted octanol–water partition coefficient (Wildman–Crippen LogP) is 3.13. The minimum absolute atomic E-state index is 0.103. The lowest BCUT2D eigenvalue weighted by molar-refractivity contribution is -0.140. The van der Waals surface area contributed by atoms with Crippen LogP contribution in [0.3, 0.4) is 0 Å². The van der Waals surface area contributed by atoms with Gasteiger partial charge in [0.25, 0.3) is 0 Å². The average Bonchev–Trinajstić information content (AvgIpc) is 3.41. The Morgan fingerprint density at radius 2 is 1.77 bits per heavy atom. The number of carbonyl (C=O) groups is 1. The van der Waals surface area contributed by atoms with Gasteiger partial charge in [-0.05, 0) is 65.0 Å². The van der Waals surface area contributed by atoms with Crippen LogP contribution in [0.15, 0.2) is 46.6 Å². The number of allylic oxidation sites excluding steroid dienone is 5. The molecule has 1 heterocycles. The van der Waals surface area contributed by atoms with Gasteiger partial charge in [0.1, 0.15) is 31.0 Å². The number of esters is 1. The van der Waals surface area contributed by atoms with E-state index in [4.69, 9.17) is 9.47 Å². The van der Waals surface area contributed by atoms with Crippen LogP contribution in [0.1, 0.15) is 60.3 Å². The Labute approximate surface area is 179 Å². The highest BCUT2D eigenvalue weighted by atomic mass is 16.6. The zero-order valence-electron chi connectivity index (χ0n) is 18.7. The van der Waals surface area contributed by atoms with Crippen molar-refractivity contribution in [2.75, 3.05) is 6.61 Å². The molecule has 2 rings (SSSR count). The lowest BCUT2D eigenvalue weighted by atomic mass is 9.81. The summed E-state index contributed by atoms with van der Waals surface area (Å²) in [5.74, 6) is -0.467. The van der Waals surface area contributed by atoms with E-state index >= 15 is 0 Å². The normalized spacial score (nSPS) is 29.6. The molecule has 2 aliphatic rings. The molecule has 5 atom stereocenters. The Bertz CT molecular complexity index is 743. The van der Waals surface area contributed by atoms with Crippen LogP contribution in [0.5, 0.6) is 0 Å². The molecule has 0 radical (unpaired) electrons. The molecule has 1 fully saturated rings. The maximum absolute atomic E-state index is 11.0. The maximum atomic E-state index is 11.0. The van der Waals surface area contributed by atoms with Crippen molar-refractivity contribution >= 4 is 5.97 Å². The molecule has 1 aliphatic carbocycles. The molecule has 3 N–H and O–H groups in total. The van der Waals surface area contributed by atoms with Crippen LogP contribution < -0.4 is 0 Å². The summed E-state index contributed by atoms with van der Waals surface area (Å²) in [6, 6.07) is 0. The molecular weight excluding hydrogens is 384 g/mol. The van der Waals surface area contributed by atoms with Crippen LogP contribution in [0.2, 0.25) is 0 Å². The molecule has 0 aromatic rings. The number of aliphatic hydroxyl groups is 3. The van der Waals surface area contributed by atoms with Gasteiger partial charge >= 0.3 is 5.97 Å². The van der Waals surface area contributed by atoms with Gasteiger partial charge in [-0.3, -0.25) is 4.79 Å². The highest BCUT2D eigenvalue weighted by molar-refractivity contribution is 5.66. The van der Waals surface area contributed by atoms with E-state index in [1.165, 1.54) is 24.1 Å². The van der Waals surface area contributed by atoms with E-state index in [9.17, 15) is 20.1 Å². The van der Waals surface area contributed by atoms with Crippen molar-refractivity contribution in [2.24, 2.45) is 0 Å². The van der Waals surface area contributed by atoms with Crippen LogP contribution in [0, 0.1) is 0 Å². The van der Waals surface area contributed by atoms with Crippen molar-refractivity contribution in [3.05, 3.63) is 46.6 Å². The molecule has 0 saturated carbocycles. The smallest absolute Gasteiger partial charge is 0.302 e. The molecule has 1 saturated heterocycles. The molecule has 0 amide bonds. The van der Waals surface area contributed by atoms with Gasteiger partial charge in [0, 0.05) is 6.92 Å². The zero-order valence-corrected chi connectivity index (χ0v) is 18.7. The van der Waals surface area contributed by atoms with Crippen LogP contribution in [-0.2, 0) is 14.3 Å². The summed E-state index contributed by atoms with van der Waals surface area (Å²) >= 11 is 0. The summed E-state index contributed by atoms with van der Waals surface area (Å²) in [6.07, 6.45) is 7.47. The number of ether oxygens (including phenoxy) is 2. The van der Waals surface area contributed by atoms with E-state index in [1.807, 2.05) is 6.92 Å². The first-order chi connectivity index (χ1) is 14.1. The van der Waals surface area contributed by atoms with E-state index in [2.05, 4.69) is 32.9 Å². The number of hydrogen-bond acceptors (Lipinski definition) is 6. The van der Waals surface area contributed by atoms with Crippen molar-refractivity contribution in [1.82, 2.24) is 0 Å². The largest absolute Gasteiger partial charge is 0.461 e. The van der Waals surface area contributed by atoms with E-state index < -0.39 is 36.0 Å².